The Balaban J connectivity index is 0.0000109. The molecule has 5 N–H and O–H groups in total. The first-order chi connectivity index (χ1) is 15.9. The SMILES string of the molecule is COC(=O)CCCCCNC(=O)[C@H](Cc1ccccc1)NC(=O)CNC(=O)[C@H](N)CCSC.Cl. The molecule has 0 aliphatic rings. The summed E-state index contributed by atoms with van der Waals surface area (Å²) in [5.74, 6) is -0.655. The third-order valence-electron chi connectivity index (χ3n) is 4.91. The Labute approximate surface area is 212 Å². The van der Waals surface area contributed by atoms with Gasteiger partial charge in [-0.15, -0.1) is 12.4 Å². The van der Waals surface area contributed by atoms with E-state index >= 15 is 0 Å². The van der Waals surface area contributed by atoms with Gasteiger partial charge in [-0.2, -0.15) is 11.8 Å². The molecule has 0 fully saturated rings. The molecule has 11 heteroatoms. The third kappa shape index (κ3) is 14.1. The van der Waals surface area contributed by atoms with Crippen molar-refractivity contribution in [2.75, 3.05) is 32.2 Å². The van der Waals surface area contributed by atoms with Gasteiger partial charge in [-0.25, -0.2) is 0 Å². The molecule has 2 atom stereocenters. The standard InChI is InChI=1S/C23H36N4O5S.ClH/c1-32-21(29)11-7-4-8-13-25-23(31)19(15-17-9-5-3-6-10-17)27-20(28)16-26-22(30)18(24)12-14-33-2;/h3,5-6,9-10,18-19H,4,7-8,11-16,24H2,1-2H3,(H,25,31)(H,26,30)(H,27,28);1H/t18-,19+;/m1./s1. The molecular formula is C23H37ClN4O5S. The van der Waals surface area contributed by atoms with Crippen LogP contribution in [0.15, 0.2) is 30.3 Å². The van der Waals surface area contributed by atoms with Gasteiger partial charge in [0.15, 0.2) is 0 Å². The number of nitrogens with one attached hydrogen (secondary N) is 3. The fourth-order valence-corrected chi connectivity index (χ4v) is 3.48. The predicted molar refractivity (Wildman–Crippen MR) is 137 cm³/mol. The highest BCUT2D eigenvalue weighted by molar-refractivity contribution is 7.98. The van der Waals surface area contributed by atoms with E-state index in [1.807, 2.05) is 36.6 Å². The van der Waals surface area contributed by atoms with Gasteiger partial charge in [0.1, 0.15) is 6.04 Å². The lowest BCUT2D eigenvalue weighted by atomic mass is 10.0. The van der Waals surface area contributed by atoms with Crippen LogP contribution in [0.4, 0.5) is 0 Å². The zero-order valence-electron chi connectivity index (χ0n) is 19.8. The van der Waals surface area contributed by atoms with Crippen LogP contribution < -0.4 is 21.7 Å². The minimum atomic E-state index is -0.781. The van der Waals surface area contributed by atoms with Crippen molar-refractivity contribution in [3.8, 4) is 0 Å². The molecule has 1 aromatic carbocycles. The number of hydrogen-bond acceptors (Lipinski definition) is 7. The highest BCUT2D eigenvalue weighted by Gasteiger charge is 2.22. The molecule has 0 aliphatic heterocycles. The quantitative estimate of drug-likeness (QED) is 0.191. The highest BCUT2D eigenvalue weighted by Crippen LogP contribution is 2.05. The van der Waals surface area contributed by atoms with Gasteiger partial charge in [0, 0.05) is 19.4 Å². The molecule has 0 bridgehead atoms. The molecule has 0 radical (unpaired) electrons. The Hall–Kier alpha value is -2.30. The van der Waals surface area contributed by atoms with Crippen LogP contribution in [0.2, 0.25) is 0 Å². The zero-order valence-corrected chi connectivity index (χ0v) is 21.5. The van der Waals surface area contributed by atoms with Gasteiger partial charge in [-0.05, 0) is 36.8 Å². The van der Waals surface area contributed by atoms with E-state index in [0.29, 0.717) is 38.6 Å². The van der Waals surface area contributed by atoms with Crippen molar-refractivity contribution in [1.82, 2.24) is 16.0 Å². The molecule has 3 amide bonds. The average molecular weight is 517 g/mol. The number of thioether (sulfide) groups is 1. The van der Waals surface area contributed by atoms with Crippen molar-refractivity contribution in [3.05, 3.63) is 35.9 Å². The van der Waals surface area contributed by atoms with Crippen molar-refractivity contribution >= 4 is 47.9 Å². The van der Waals surface area contributed by atoms with E-state index in [0.717, 1.165) is 17.7 Å². The number of methoxy groups -OCH3 is 1. The van der Waals surface area contributed by atoms with Crippen molar-refractivity contribution in [2.24, 2.45) is 5.73 Å². The molecule has 0 saturated heterocycles. The van der Waals surface area contributed by atoms with E-state index in [4.69, 9.17) is 5.73 Å². The second-order valence-corrected chi connectivity index (χ2v) is 8.58. The topological polar surface area (TPSA) is 140 Å². The molecule has 0 saturated carbocycles. The minimum absolute atomic E-state index is 0. The number of unbranched alkanes of at least 4 members (excludes halogenated alkanes) is 2. The fraction of sp³-hybridized carbons (Fsp3) is 0.565. The number of esters is 1. The Bertz CT molecular complexity index is 754. The molecule has 1 rings (SSSR count). The molecule has 0 aromatic heterocycles. The number of hydrogen-bond donors (Lipinski definition) is 4. The highest BCUT2D eigenvalue weighted by atomic mass is 35.5. The largest absolute Gasteiger partial charge is 0.469 e. The summed E-state index contributed by atoms with van der Waals surface area (Å²) >= 11 is 1.59. The Morgan fingerprint density at radius 2 is 1.74 bits per heavy atom. The van der Waals surface area contributed by atoms with Crippen LogP contribution in [0.3, 0.4) is 0 Å². The van der Waals surface area contributed by atoms with Crippen molar-refractivity contribution in [2.45, 2.75) is 50.6 Å². The summed E-state index contributed by atoms with van der Waals surface area (Å²) in [5.41, 5.74) is 6.71. The Morgan fingerprint density at radius 3 is 2.38 bits per heavy atom. The second-order valence-electron chi connectivity index (χ2n) is 7.59. The summed E-state index contributed by atoms with van der Waals surface area (Å²) in [6.07, 6.45) is 5.29. The fourth-order valence-electron chi connectivity index (χ4n) is 2.99. The number of ether oxygens (including phenoxy) is 1. The maximum absolute atomic E-state index is 12.7. The van der Waals surface area contributed by atoms with E-state index in [1.54, 1.807) is 11.8 Å². The number of carbonyl (C=O) groups is 4. The summed E-state index contributed by atoms with van der Waals surface area (Å²) in [6, 6.07) is 7.91. The van der Waals surface area contributed by atoms with Crippen LogP contribution in [-0.2, 0) is 30.3 Å². The monoisotopic (exact) mass is 516 g/mol. The van der Waals surface area contributed by atoms with Gasteiger partial charge in [0.25, 0.3) is 0 Å². The molecule has 0 heterocycles. The Kier molecular flexibility index (Phi) is 17.8. The lowest BCUT2D eigenvalue weighted by Gasteiger charge is -2.19. The minimum Gasteiger partial charge on any atom is -0.469 e. The normalized spacial score (nSPS) is 12.0. The summed E-state index contributed by atoms with van der Waals surface area (Å²) in [4.78, 5) is 48.3. The van der Waals surface area contributed by atoms with E-state index in [9.17, 15) is 19.2 Å². The van der Waals surface area contributed by atoms with Gasteiger partial charge in [-0.3, -0.25) is 19.2 Å². The first-order valence-corrected chi connectivity index (χ1v) is 12.5. The Morgan fingerprint density at radius 1 is 1.03 bits per heavy atom. The van der Waals surface area contributed by atoms with Crippen LogP contribution in [0.5, 0.6) is 0 Å². The smallest absolute Gasteiger partial charge is 0.305 e. The zero-order chi connectivity index (χ0) is 24.5. The summed E-state index contributed by atoms with van der Waals surface area (Å²) < 4.78 is 4.60. The first kappa shape index (κ1) is 31.7. The van der Waals surface area contributed by atoms with Crippen LogP contribution in [0, 0.1) is 0 Å². The molecule has 9 nitrogen and oxygen atoms in total. The molecule has 1 aromatic rings. The number of halogens is 1. The van der Waals surface area contributed by atoms with E-state index in [-0.39, 0.29) is 30.8 Å². The van der Waals surface area contributed by atoms with E-state index in [1.165, 1.54) is 7.11 Å². The molecule has 0 unspecified atom stereocenters. The van der Waals surface area contributed by atoms with Crippen LogP contribution in [-0.4, -0.2) is 68.0 Å². The van der Waals surface area contributed by atoms with Crippen molar-refractivity contribution < 1.29 is 23.9 Å². The second kappa shape index (κ2) is 19.1. The van der Waals surface area contributed by atoms with Gasteiger partial charge in [0.2, 0.25) is 17.7 Å². The van der Waals surface area contributed by atoms with Gasteiger partial charge in [0.05, 0.1) is 19.7 Å². The molecule has 192 valence electrons. The number of rotatable bonds is 16. The average Bonchev–Trinajstić information content (AvgIpc) is 2.82. The molecule has 0 spiro atoms. The van der Waals surface area contributed by atoms with Gasteiger partial charge < -0.3 is 26.4 Å². The van der Waals surface area contributed by atoms with Gasteiger partial charge >= 0.3 is 5.97 Å². The third-order valence-corrected chi connectivity index (χ3v) is 5.56. The maximum Gasteiger partial charge on any atom is 0.305 e. The lowest BCUT2D eigenvalue weighted by Crippen LogP contribution is -2.52. The number of benzene rings is 1. The number of amides is 3. The van der Waals surface area contributed by atoms with Crippen LogP contribution >= 0.6 is 24.2 Å². The van der Waals surface area contributed by atoms with Crippen molar-refractivity contribution in [3.63, 3.8) is 0 Å². The molecular weight excluding hydrogens is 480 g/mol. The van der Waals surface area contributed by atoms with Crippen LogP contribution in [0.1, 0.15) is 37.7 Å². The van der Waals surface area contributed by atoms with E-state index in [2.05, 4.69) is 20.7 Å². The molecule has 34 heavy (non-hydrogen) atoms. The maximum atomic E-state index is 12.7. The predicted octanol–water partition coefficient (Wildman–Crippen LogP) is 1.18. The number of nitrogens with two attached hydrogens (primary N) is 1. The summed E-state index contributed by atoms with van der Waals surface area (Å²) in [5, 5.41) is 8.07. The van der Waals surface area contributed by atoms with Crippen LogP contribution in [0.25, 0.3) is 0 Å². The summed E-state index contributed by atoms with van der Waals surface area (Å²) in [7, 11) is 1.36. The van der Waals surface area contributed by atoms with E-state index < -0.39 is 23.9 Å². The first-order valence-electron chi connectivity index (χ1n) is 11.1. The molecule has 0 aliphatic carbocycles. The van der Waals surface area contributed by atoms with Gasteiger partial charge in [-0.1, -0.05) is 36.8 Å². The number of carbonyl (C=O) groups excluding carboxylic acids is 4. The summed E-state index contributed by atoms with van der Waals surface area (Å²) in [6.45, 7) is 0.181. The van der Waals surface area contributed by atoms with Crippen molar-refractivity contribution in [1.29, 1.82) is 0 Å². The lowest BCUT2D eigenvalue weighted by molar-refractivity contribution is -0.140.